The topological polar surface area (TPSA) is 71.0 Å². The molecule has 0 radical (unpaired) electrons. The molecule has 0 saturated carbocycles. The average Bonchev–Trinajstić information content (AvgIpc) is 3.06. The highest BCUT2D eigenvalue weighted by atomic mass is 35.6. The second kappa shape index (κ2) is 15.1. The molecular formula is C36H37Cl3N2O4. The number of nitrogens with zero attached hydrogens (tertiary/aromatic N) is 1. The monoisotopic (exact) mass is 666 g/mol. The van der Waals surface area contributed by atoms with E-state index < -0.39 is 16.0 Å². The minimum atomic E-state index is -2.02. The van der Waals surface area contributed by atoms with Gasteiger partial charge >= 0.3 is 0 Å². The normalized spacial score (nSPS) is 19.3. The summed E-state index contributed by atoms with van der Waals surface area (Å²) in [6.07, 6.45) is -0.160. The fourth-order valence-corrected chi connectivity index (χ4v) is 5.71. The number of benzene rings is 4. The van der Waals surface area contributed by atoms with Crippen LogP contribution in [-0.4, -0.2) is 39.4 Å². The standard InChI is InChI=1S/C36H37Cl3N2O4/c1-24(27-9-4-3-5-10-27)41(2)22-32-20-33(28-16-14-25(23-42)15-17-28)45-34(44-32)31-13-7-12-30(19-31)29-11-6-8-26(18-29)21-40-35(43)36(37,38)39/h3-19,24,32-34,42H,20-23H2,1-2H3,(H,40,43). The zero-order chi connectivity index (χ0) is 32.0. The molecule has 1 amide bonds. The molecule has 0 aliphatic carbocycles. The van der Waals surface area contributed by atoms with Gasteiger partial charge in [0, 0.05) is 31.1 Å². The Morgan fingerprint density at radius 2 is 1.58 bits per heavy atom. The summed E-state index contributed by atoms with van der Waals surface area (Å²) >= 11 is 17.1. The van der Waals surface area contributed by atoms with Gasteiger partial charge in [-0.15, -0.1) is 0 Å². The minimum Gasteiger partial charge on any atom is -0.392 e. The first-order valence-corrected chi connectivity index (χ1v) is 16.0. The average molecular weight is 668 g/mol. The fraction of sp³-hybridized carbons (Fsp3) is 0.306. The van der Waals surface area contributed by atoms with Gasteiger partial charge < -0.3 is 19.9 Å². The lowest BCUT2D eigenvalue weighted by atomic mass is 9.98. The van der Waals surface area contributed by atoms with Crippen LogP contribution in [0.5, 0.6) is 0 Å². The van der Waals surface area contributed by atoms with Crippen LogP contribution in [0.4, 0.5) is 0 Å². The summed E-state index contributed by atoms with van der Waals surface area (Å²) in [7, 11) is 2.12. The van der Waals surface area contributed by atoms with Crippen LogP contribution in [0.15, 0.2) is 103 Å². The van der Waals surface area contributed by atoms with Crippen LogP contribution in [-0.2, 0) is 27.4 Å². The van der Waals surface area contributed by atoms with Crippen LogP contribution in [0.25, 0.3) is 11.1 Å². The number of aliphatic hydroxyl groups is 1. The summed E-state index contributed by atoms with van der Waals surface area (Å²) in [6, 6.07) is 34.6. The number of carbonyl (C=O) groups is 1. The second-order valence-corrected chi connectivity index (χ2v) is 13.7. The van der Waals surface area contributed by atoms with Crippen LogP contribution in [0.1, 0.15) is 59.6 Å². The van der Waals surface area contributed by atoms with Gasteiger partial charge in [-0.25, -0.2) is 0 Å². The predicted octanol–water partition coefficient (Wildman–Crippen LogP) is 8.07. The molecule has 2 N–H and O–H groups in total. The molecule has 4 atom stereocenters. The molecule has 0 bridgehead atoms. The number of nitrogens with one attached hydrogen (secondary N) is 1. The van der Waals surface area contributed by atoms with Gasteiger partial charge in [0.25, 0.3) is 9.70 Å². The van der Waals surface area contributed by atoms with E-state index in [1.54, 1.807) is 0 Å². The van der Waals surface area contributed by atoms with Crippen molar-refractivity contribution in [2.24, 2.45) is 0 Å². The van der Waals surface area contributed by atoms with E-state index in [1.165, 1.54) is 5.56 Å². The smallest absolute Gasteiger partial charge is 0.272 e. The molecule has 1 aliphatic rings. The molecule has 4 aromatic rings. The molecule has 4 aromatic carbocycles. The quantitative estimate of drug-likeness (QED) is 0.168. The van der Waals surface area contributed by atoms with Crippen molar-refractivity contribution in [3.8, 4) is 11.1 Å². The van der Waals surface area contributed by atoms with E-state index in [2.05, 4.69) is 54.5 Å². The van der Waals surface area contributed by atoms with E-state index in [0.29, 0.717) is 6.42 Å². The van der Waals surface area contributed by atoms with Crippen molar-refractivity contribution in [1.82, 2.24) is 10.2 Å². The molecule has 4 unspecified atom stereocenters. The number of likely N-dealkylation sites (N-methyl/N-ethyl adjacent to an activating group) is 1. The van der Waals surface area contributed by atoms with Crippen molar-refractivity contribution >= 4 is 40.7 Å². The van der Waals surface area contributed by atoms with Crippen LogP contribution >= 0.6 is 34.8 Å². The molecule has 1 saturated heterocycles. The van der Waals surface area contributed by atoms with Crippen LogP contribution in [0.2, 0.25) is 0 Å². The van der Waals surface area contributed by atoms with E-state index >= 15 is 0 Å². The first-order valence-electron chi connectivity index (χ1n) is 14.9. The number of ether oxygens (including phenoxy) is 2. The third-order valence-electron chi connectivity index (χ3n) is 8.18. The van der Waals surface area contributed by atoms with Gasteiger partial charge in [0.2, 0.25) is 0 Å². The number of hydrogen-bond donors (Lipinski definition) is 2. The van der Waals surface area contributed by atoms with E-state index in [1.807, 2.05) is 72.8 Å². The highest BCUT2D eigenvalue weighted by molar-refractivity contribution is 6.76. The number of carbonyl (C=O) groups excluding carboxylic acids is 1. The lowest BCUT2D eigenvalue weighted by Crippen LogP contribution is -2.38. The summed E-state index contributed by atoms with van der Waals surface area (Å²) in [5.74, 6) is -0.676. The Hall–Kier alpha value is -2.94. The van der Waals surface area contributed by atoms with Crippen molar-refractivity contribution in [2.45, 2.75) is 54.8 Å². The lowest BCUT2D eigenvalue weighted by molar-refractivity contribution is -0.253. The first-order chi connectivity index (χ1) is 21.6. The molecule has 5 rings (SSSR count). The Morgan fingerprint density at radius 3 is 2.27 bits per heavy atom. The number of aliphatic hydroxyl groups excluding tert-OH is 1. The molecule has 1 fully saturated rings. The fourth-order valence-electron chi connectivity index (χ4n) is 5.51. The van der Waals surface area contributed by atoms with E-state index in [4.69, 9.17) is 44.3 Å². The van der Waals surface area contributed by atoms with Crippen molar-refractivity contribution in [3.05, 3.63) is 131 Å². The maximum Gasteiger partial charge on any atom is 0.272 e. The Balaban J connectivity index is 1.37. The maximum absolute atomic E-state index is 12.0. The SMILES string of the molecule is CC(c1ccccc1)N(C)CC1CC(c2ccc(CO)cc2)OC(c2cccc(-c3cccc(CNC(=O)C(Cl)(Cl)Cl)c3)c2)O1. The Kier molecular flexibility index (Phi) is 11.2. The van der Waals surface area contributed by atoms with Crippen molar-refractivity contribution in [1.29, 1.82) is 0 Å². The molecule has 6 nitrogen and oxygen atoms in total. The molecule has 9 heteroatoms. The highest BCUT2D eigenvalue weighted by Gasteiger charge is 2.34. The Bertz CT molecular complexity index is 1560. The maximum atomic E-state index is 12.0. The van der Waals surface area contributed by atoms with Crippen LogP contribution < -0.4 is 5.32 Å². The Labute approximate surface area is 279 Å². The molecular weight excluding hydrogens is 631 g/mol. The largest absolute Gasteiger partial charge is 0.392 e. The molecule has 236 valence electrons. The minimum absolute atomic E-state index is 0.00436. The molecule has 1 aliphatic heterocycles. The van der Waals surface area contributed by atoms with Crippen molar-refractivity contribution in [2.75, 3.05) is 13.6 Å². The highest BCUT2D eigenvalue weighted by Crippen LogP contribution is 2.39. The first kappa shape index (κ1) is 33.4. The van der Waals surface area contributed by atoms with Gasteiger partial charge in [-0.1, -0.05) is 126 Å². The summed E-state index contributed by atoms with van der Waals surface area (Å²) in [5.41, 5.74) is 6.88. The third-order valence-corrected chi connectivity index (χ3v) is 8.69. The zero-order valence-corrected chi connectivity index (χ0v) is 27.5. The third kappa shape index (κ3) is 8.87. The Morgan fingerprint density at radius 1 is 0.889 bits per heavy atom. The van der Waals surface area contributed by atoms with E-state index in [0.717, 1.165) is 39.9 Å². The van der Waals surface area contributed by atoms with Crippen molar-refractivity contribution in [3.63, 3.8) is 0 Å². The number of amides is 1. The lowest BCUT2D eigenvalue weighted by Gasteiger charge is -2.39. The number of hydrogen-bond acceptors (Lipinski definition) is 5. The molecule has 45 heavy (non-hydrogen) atoms. The van der Waals surface area contributed by atoms with Gasteiger partial charge in [-0.3, -0.25) is 9.69 Å². The predicted molar refractivity (Wildman–Crippen MR) is 180 cm³/mol. The molecule has 0 aromatic heterocycles. The molecule has 0 spiro atoms. The summed E-state index contributed by atoms with van der Waals surface area (Å²) in [6.45, 7) is 3.15. The van der Waals surface area contributed by atoms with E-state index in [-0.39, 0.29) is 31.4 Å². The van der Waals surface area contributed by atoms with Crippen LogP contribution in [0.3, 0.4) is 0 Å². The van der Waals surface area contributed by atoms with Gasteiger partial charge in [0.05, 0.1) is 18.8 Å². The zero-order valence-electron chi connectivity index (χ0n) is 25.2. The van der Waals surface area contributed by atoms with Crippen LogP contribution in [0, 0.1) is 0 Å². The number of rotatable bonds is 10. The van der Waals surface area contributed by atoms with Crippen molar-refractivity contribution < 1.29 is 19.4 Å². The van der Waals surface area contributed by atoms with Gasteiger partial charge in [0.15, 0.2) is 6.29 Å². The number of halogens is 3. The van der Waals surface area contributed by atoms with E-state index in [9.17, 15) is 9.90 Å². The summed E-state index contributed by atoms with van der Waals surface area (Å²) in [4.78, 5) is 14.3. The van der Waals surface area contributed by atoms with Gasteiger partial charge in [-0.05, 0) is 59.5 Å². The van der Waals surface area contributed by atoms with Gasteiger partial charge in [-0.2, -0.15) is 0 Å². The summed E-state index contributed by atoms with van der Waals surface area (Å²) < 4.78 is 11.2. The second-order valence-electron chi connectivity index (χ2n) is 11.4. The number of alkyl halides is 3. The van der Waals surface area contributed by atoms with Gasteiger partial charge in [0.1, 0.15) is 0 Å². The molecule has 1 heterocycles. The summed E-state index contributed by atoms with van der Waals surface area (Å²) in [5, 5.41) is 12.2.